The van der Waals surface area contributed by atoms with E-state index in [1.807, 2.05) is 0 Å². The zero-order chi connectivity index (χ0) is 13.0. The van der Waals surface area contributed by atoms with Crippen molar-refractivity contribution in [3.05, 3.63) is 0 Å². The van der Waals surface area contributed by atoms with E-state index in [0.717, 1.165) is 0 Å². The lowest BCUT2D eigenvalue weighted by molar-refractivity contribution is -0.140. The maximum absolute atomic E-state index is 11.3. The highest BCUT2D eigenvalue weighted by molar-refractivity contribution is 6.43. The third-order valence-electron chi connectivity index (χ3n) is 2.55. The average molecular weight is 278 g/mol. The molecule has 0 bridgehead atoms. The molecule has 1 aliphatic rings. The molecule has 102 valence electrons. The SMILES string of the molecule is CC1=NC(=O)C(=O)N1CCCC[C@H](N)C(=O)O.Cl. The molecule has 18 heavy (non-hydrogen) atoms. The highest BCUT2D eigenvalue weighted by Gasteiger charge is 2.29. The Hall–Kier alpha value is -1.47. The van der Waals surface area contributed by atoms with Crippen molar-refractivity contribution in [3.63, 3.8) is 0 Å². The molecule has 0 aliphatic carbocycles. The van der Waals surface area contributed by atoms with Gasteiger partial charge in [0.25, 0.3) is 0 Å². The monoisotopic (exact) mass is 277 g/mol. The normalized spacial score (nSPS) is 16.3. The van der Waals surface area contributed by atoms with Crippen molar-refractivity contribution in [2.24, 2.45) is 10.7 Å². The Bertz CT molecular complexity index is 383. The molecule has 7 nitrogen and oxygen atoms in total. The fourth-order valence-electron chi connectivity index (χ4n) is 1.54. The first-order valence-electron chi connectivity index (χ1n) is 5.33. The zero-order valence-electron chi connectivity index (χ0n) is 9.96. The minimum absolute atomic E-state index is 0. The molecule has 8 heteroatoms. The fraction of sp³-hybridized carbons (Fsp3) is 0.600. The van der Waals surface area contributed by atoms with E-state index >= 15 is 0 Å². The Labute approximate surface area is 110 Å². The van der Waals surface area contributed by atoms with Gasteiger partial charge in [-0.25, -0.2) is 0 Å². The number of aliphatic imine (C=N–C) groups is 1. The number of carbonyl (C=O) groups excluding carboxylic acids is 2. The fourth-order valence-corrected chi connectivity index (χ4v) is 1.54. The van der Waals surface area contributed by atoms with E-state index < -0.39 is 23.8 Å². The molecule has 2 amide bonds. The van der Waals surface area contributed by atoms with Gasteiger partial charge >= 0.3 is 17.8 Å². The van der Waals surface area contributed by atoms with Gasteiger partial charge in [0, 0.05) is 6.54 Å². The maximum atomic E-state index is 11.3. The lowest BCUT2D eigenvalue weighted by Gasteiger charge is -2.15. The topological polar surface area (TPSA) is 113 Å². The number of aliphatic carboxylic acids is 1. The number of carboxylic acids is 1. The molecule has 0 aromatic heterocycles. The highest BCUT2D eigenvalue weighted by Crippen LogP contribution is 2.08. The Morgan fingerprint density at radius 3 is 2.50 bits per heavy atom. The Morgan fingerprint density at radius 1 is 1.44 bits per heavy atom. The number of nitrogens with zero attached hydrogens (tertiary/aromatic N) is 2. The van der Waals surface area contributed by atoms with Crippen LogP contribution >= 0.6 is 12.4 Å². The van der Waals surface area contributed by atoms with Gasteiger partial charge in [-0.15, -0.1) is 12.4 Å². The van der Waals surface area contributed by atoms with Crippen molar-refractivity contribution >= 4 is 36.0 Å². The molecule has 0 unspecified atom stereocenters. The number of carboxylic acid groups (broad SMARTS) is 1. The molecule has 0 saturated carbocycles. The van der Waals surface area contributed by atoms with Crippen LogP contribution in [0.2, 0.25) is 0 Å². The number of amides is 2. The van der Waals surface area contributed by atoms with Crippen LogP contribution < -0.4 is 5.73 Å². The van der Waals surface area contributed by atoms with Gasteiger partial charge in [-0.1, -0.05) is 0 Å². The molecular weight excluding hydrogens is 262 g/mol. The van der Waals surface area contributed by atoms with E-state index in [4.69, 9.17) is 10.8 Å². The lowest BCUT2D eigenvalue weighted by Crippen LogP contribution is -2.34. The first-order chi connectivity index (χ1) is 7.93. The summed E-state index contributed by atoms with van der Waals surface area (Å²) in [5.74, 6) is -2.01. The van der Waals surface area contributed by atoms with Crippen molar-refractivity contribution in [1.82, 2.24) is 4.90 Å². The van der Waals surface area contributed by atoms with Crippen LogP contribution in [0.15, 0.2) is 4.99 Å². The summed E-state index contributed by atoms with van der Waals surface area (Å²) < 4.78 is 0. The summed E-state index contributed by atoms with van der Waals surface area (Å²) in [6.07, 6.45) is 1.52. The van der Waals surface area contributed by atoms with Crippen molar-refractivity contribution in [2.45, 2.75) is 32.2 Å². The predicted molar refractivity (Wildman–Crippen MR) is 66.5 cm³/mol. The first-order valence-corrected chi connectivity index (χ1v) is 5.33. The number of rotatable bonds is 6. The first kappa shape index (κ1) is 16.5. The van der Waals surface area contributed by atoms with Gasteiger partial charge in [0.05, 0.1) is 0 Å². The van der Waals surface area contributed by atoms with Crippen molar-refractivity contribution in [1.29, 1.82) is 0 Å². The van der Waals surface area contributed by atoms with Gasteiger partial charge in [0.2, 0.25) is 0 Å². The van der Waals surface area contributed by atoms with E-state index in [2.05, 4.69) is 4.99 Å². The minimum Gasteiger partial charge on any atom is -0.480 e. The molecule has 0 spiro atoms. The molecule has 1 aliphatic heterocycles. The highest BCUT2D eigenvalue weighted by atomic mass is 35.5. The van der Waals surface area contributed by atoms with Crippen LogP contribution in [0, 0.1) is 0 Å². The molecular formula is C10H16ClN3O4. The smallest absolute Gasteiger partial charge is 0.337 e. The van der Waals surface area contributed by atoms with Crippen LogP contribution in [0.1, 0.15) is 26.2 Å². The van der Waals surface area contributed by atoms with E-state index in [-0.39, 0.29) is 12.4 Å². The third kappa shape index (κ3) is 4.08. The van der Waals surface area contributed by atoms with Crippen LogP contribution in [0.4, 0.5) is 0 Å². The number of hydrogen-bond donors (Lipinski definition) is 2. The maximum Gasteiger partial charge on any atom is 0.337 e. The second kappa shape index (κ2) is 7.07. The largest absolute Gasteiger partial charge is 0.480 e. The summed E-state index contributed by atoms with van der Waals surface area (Å²) >= 11 is 0. The van der Waals surface area contributed by atoms with Crippen LogP contribution in [0.3, 0.4) is 0 Å². The summed E-state index contributed by atoms with van der Waals surface area (Å²) in [6, 6.07) is -0.874. The predicted octanol–water partition coefficient (Wildman–Crippen LogP) is -0.222. The Morgan fingerprint density at radius 2 is 2.06 bits per heavy atom. The van der Waals surface area contributed by atoms with Crippen LogP contribution in [-0.4, -0.2) is 46.2 Å². The van der Waals surface area contributed by atoms with Crippen LogP contribution in [0.25, 0.3) is 0 Å². The molecule has 0 fully saturated rings. The molecule has 0 aromatic carbocycles. The van der Waals surface area contributed by atoms with Gasteiger partial charge in [-0.05, 0) is 26.2 Å². The van der Waals surface area contributed by atoms with Gasteiger partial charge in [-0.2, -0.15) is 4.99 Å². The summed E-state index contributed by atoms with van der Waals surface area (Å²) in [7, 11) is 0. The van der Waals surface area contributed by atoms with Crippen LogP contribution in [-0.2, 0) is 14.4 Å². The van der Waals surface area contributed by atoms with Gasteiger partial charge < -0.3 is 10.8 Å². The van der Waals surface area contributed by atoms with Crippen molar-refractivity contribution in [2.75, 3.05) is 6.54 Å². The minimum atomic E-state index is -1.03. The summed E-state index contributed by atoms with van der Waals surface area (Å²) in [4.78, 5) is 37.5. The van der Waals surface area contributed by atoms with Crippen molar-refractivity contribution < 1.29 is 19.5 Å². The Kier molecular flexibility index (Phi) is 6.50. The second-order valence-corrected chi connectivity index (χ2v) is 3.86. The summed E-state index contributed by atoms with van der Waals surface area (Å²) in [5.41, 5.74) is 5.33. The third-order valence-corrected chi connectivity index (χ3v) is 2.55. The number of carbonyl (C=O) groups is 3. The van der Waals surface area contributed by atoms with Crippen LogP contribution in [0.5, 0.6) is 0 Å². The van der Waals surface area contributed by atoms with E-state index in [1.54, 1.807) is 6.92 Å². The number of amidine groups is 1. The quantitative estimate of drug-likeness (QED) is 0.515. The number of halogens is 1. The number of nitrogens with two attached hydrogens (primary N) is 1. The van der Waals surface area contributed by atoms with Crippen molar-refractivity contribution in [3.8, 4) is 0 Å². The second-order valence-electron chi connectivity index (χ2n) is 3.86. The molecule has 0 radical (unpaired) electrons. The zero-order valence-corrected chi connectivity index (χ0v) is 10.8. The van der Waals surface area contributed by atoms with Gasteiger partial charge in [0.1, 0.15) is 11.9 Å². The Balaban J connectivity index is 0.00000289. The van der Waals surface area contributed by atoms with Gasteiger partial charge in [-0.3, -0.25) is 19.3 Å². The molecule has 0 saturated heterocycles. The molecule has 1 heterocycles. The molecule has 3 N–H and O–H groups in total. The molecule has 1 rings (SSSR count). The summed E-state index contributed by atoms with van der Waals surface area (Å²) in [5, 5.41) is 8.56. The molecule has 0 aromatic rings. The number of unbranched alkanes of at least 4 members (excludes halogenated alkanes) is 1. The summed E-state index contributed by atoms with van der Waals surface area (Å²) in [6.45, 7) is 1.96. The molecule has 1 atom stereocenters. The van der Waals surface area contributed by atoms with E-state index in [9.17, 15) is 14.4 Å². The standard InChI is InChI=1S/C10H15N3O4.ClH/c1-6-12-8(14)9(15)13(6)5-3-2-4-7(11)10(16)17;/h7H,2-5,11H2,1H3,(H,16,17);1H/t7-;/m0./s1. The lowest BCUT2D eigenvalue weighted by atomic mass is 10.1. The van der Waals surface area contributed by atoms with E-state index in [1.165, 1.54) is 4.90 Å². The van der Waals surface area contributed by atoms with Gasteiger partial charge in [0.15, 0.2) is 0 Å². The number of hydrogen-bond acceptors (Lipinski definition) is 4. The average Bonchev–Trinajstić information content (AvgIpc) is 2.49. The van der Waals surface area contributed by atoms with E-state index in [0.29, 0.717) is 31.6 Å².